The molecule has 0 radical (unpaired) electrons. The van der Waals surface area contributed by atoms with Crippen molar-refractivity contribution >= 4 is 39.9 Å². The smallest absolute Gasteiger partial charge is 0.232 e. The van der Waals surface area contributed by atoms with Gasteiger partial charge < -0.3 is 4.90 Å². The number of fused-ring (bicyclic) bond motifs is 2. The molecule has 0 saturated heterocycles. The predicted molar refractivity (Wildman–Crippen MR) is 97.8 cm³/mol. The van der Waals surface area contributed by atoms with Crippen molar-refractivity contribution in [2.75, 3.05) is 29.9 Å². The summed E-state index contributed by atoms with van der Waals surface area (Å²) in [5.74, 6) is 1.54. The van der Waals surface area contributed by atoms with Crippen molar-refractivity contribution in [3.63, 3.8) is 0 Å². The van der Waals surface area contributed by atoms with Gasteiger partial charge in [0.25, 0.3) is 0 Å². The number of aromatic nitrogens is 2. The van der Waals surface area contributed by atoms with Crippen LogP contribution in [0.4, 0.5) is 11.6 Å². The Hall–Kier alpha value is -2.47. The minimum absolute atomic E-state index is 0.0783. The summed E-state index contributed by atoms with van der Waals surface area (Å²) in [6, 6.07) is 9.80. The molecule has 24 heavy (non-hydrogen) atoms. The molecule has 0 spiro atoms. The number of nitrogens with zero attached hydrogens (tertiary/aromatic N) is 4. The lowest BCUT2D eigenvalue weighted by Gasteiger charge is -2.22. The van der Waals surface area contributed by atoms with Crippen LogP contribution in [0.15, 0.2) is 41.1 Å². The predicted octanol–water partition coefficient (Wildman–Crippen LogP) is 3.11. The van der Waals surface area contributed by atoms with E-state index in [1.165, 1.54) is 0 Å². The summed E-state index contributed by atoms with van der Waals surface area (Å²) < 4.78 is 0. The maximum absolute atomic E-state index is 12.9. The van der Waals surface area contributed by atoms with Gasteiger partial charge in [0.1, 0.15) is 0 Å². The maximum atomic E-state index is 12.9. The van der Waals surface area contributed by atoms with Crippen LogP contribution in [0.2, 0.25) is 0 Å². The third-order valence-corrected chi connectivity index (χ3v) is 5.00. The van der Waals surface area contributed by atoms with Crippen LogP contribution in [-0.2, 0) is 11.2 Å². The van der Waals surface area contributed by atoms with Gasteiger partial charge in [-0.05, 0) is 40.9 Å². The van der Waals surface area contributed by atoms with Crippen LogP contribution in [0.5, 0.6) is 0 Å². The molecule has 5 nitrogen and oxygen atoms in total. The Bertz CT molecular complexity index is 878. The van der Waals surface area contributed by atoms with Gasteiger partial charge in [-0.25, -0.2) is 9.97 Å². The van der Waals surface area contributed by atoms with Crippen LogP contribution < -0.4 is 9.80 Å². The van der Waals surface area contributed by atoms with Gasteiger partial charge in [-0.3, -0.25) is 9.69 Å². The fourth-order valence-electron chi connectivity index (χ4n) is 3.00. The first kappa shape index (κ1) is 15.1. The minimum atomic E-state index is 0.0783. The van der Waals surface area contributed by atoms with E-state index in [1.807, 2.05) is 48.1 Å². The third kappa shape index (κ3) is 2.73. The zero-order valence-corrected chi connectivity index (χ0v) is 14.3. The highest BCUT2D eigenvalue weighted by atomic mass is 32.1. The highest BCUT2D eigenvalue weighted by molar-refractivity contribution is 7.08. The summed E-state index contributed by atoms with van der Waals surface area (Å²) in [4.78, 5) is 26.3. The van der Waals surface area contributed by atoms with Crippen LogP contribution in [0, 0.1) is 0 Å². The van der Waals surface area contributed by atoms with Crippen LogP contribution in [0.3, 0.4) is 0 Å². The lowest BCUT2D eigenvalue weighted by atomic mass is 10.2. The SMILES string of the molecule is CN1CCCN(C(=O)Cc2ccsc2)c2nc3ccccc3nc21. The molecule has 1 amide bonds. The molecule has 0 N–H and O–H groups in total. The normalized spacial score (nSPS) is 14.5. The Balaban J connectivity index is 1.77. The van der Waals surface area contributed by atoms with E-state index in [0.29, 0.717) is 18.8 Å². The Morgan fingerprint density at radius 2 is 1.88 bits per heavy atom. The molecule has 3 aromatic rings. The van der Waals surface area contributed by atoms with Crippen LogP contribution in [0.25, 0.3) is 11.0 Å². The minimum Gasteiger partial charge on any atom is -0.357 e. The number of thiophene rings is 1. The monoisotopic (exact) mass is 338 g/mol. The first-order chi connectivity index (χ1) is 11.7. The molecule has 0 unspecified atom stereocenters. The van der Waals surface area contributed by atoms with Crippen molar-refractivity contribution in [1.82, 2.24) is 9.97 Å². The van der Waals surface area contributed by atoms with Crippen LogP contribution in [-0.4, -0.2) is 36.0 Å². The van der Waals surface area contributed by atoms with Gasteiger partial charge in [0.2, 0.25) is 5.91 Å². The van der Waals surface area contributed by atoms with Gasteiger partial charge in [0, 0.05) is 20.1 Å². The van der Waals surface area contributed by atoms with Gasteiger partial charge in [0.05, 0.1) is 17.5 Å². The van der Waals surface area contributed by atoms with Crippen molar-refractivity contribution in [2.45, 2.75) is 12.8 Å². The van der Waals surface area contributed by atoms with Crippen molar-refractivity contribution < 1.29 is 4.79 Å². The second-order valence-electron chi connectivity index (χ2n) is 5.99. The molecular weight excluding hydrogens is 320 g/mol. The molecule has 0 bridgehead atoms. The van der Waals surface area contributed by atoms with E-state index in [1.54, 1.807) is 16.2 Å². The zero-order valence-electron chi connectivity index (χ0n) is 13.5. The second-order valence-corrected chi connectivity index (χ2v) is 6.77. The highest BCUT2D eigenvalue weighted by Gasteiger charge is 2.26. The number of amides is 1. The van der Waals surface area contributed by atoms with Gasteiger partial charge in [0.15, 0.2) is 11.6 Å². The van der Waals surface area contributed by atoms with E-state index in [4.69, 9.17) is 9.97 Å². The number of hydrogen-bond acceptors (Lipinski definition) is 5. The van der Waals surface area contributed by atoms with Crippen molar-refractivity contribution in [1.29, 1.82) is 0 Å². The Labute approximate surface area is 144 Å². The molecular formula is C18H18N4OS. The fourth-order valence-corrected chi connectivity index (χ4v) is 3.67. The number of rotatable bonds is 2. The molecule has 6 heteroatoms. The molecule has 1 aliphatic rings. The summed E-state index contributed by atoms with van der Waals surface area (Å²) in [6.07, 6.45) is 1.31. The van der Waals surface area contributed by atoms with E-state index < -0.39 is 0 Å². The molecule has 122 valence electrons. The van der Waals surface area contributed by atoms with E-state index >= 15 is 0 Å². The van der Waals surface area contributed by atoms with E-state index in [9.17, 15) is 4.79 Å². The van der Waals surface area contributed by atoms with Crippen LogP contribution in [0.1, 0.15) is 12.0 Å². The molecule has 2 aromatic heterocycles. The number of carbonyl (C=O) groups excluding carboxylic acids is 1. The number of carbonyl (C=O) groups is 1. The number of benzene rings is 1. The van der Waals surface area contributed by atoms with Gasteiger partial charge in [-0.2, -0.15) is 11.3 Å². The van der Waals surface area contributed by atoms with E-state index in [0.717, 1.165) is 35.4 Å². The van der Waals surface area contributed by atoms with E-state index in [2.05, 4.69) is 4.90 Å². The fraction of sp³-hybridized carbons (Fsp3) is 0.278. The molecule has 3 heterocycles. The Morgan fingerprint density at radius 1 is 1.12 bits per heavy atom. The Morgan fingerprint density at radius 3 is 2.58 bits per heavy atom. The zero-order chi connectivity index (χ0) is 16.5. The molecule has 1 aromatic carbocycles. The van der Waals surface area contributed by atoms with Crippen molar-refractivity contribution in [2.24, 2.45) is 0 Å². The standard InChI is InChI=1S/C18H18N4OS/c1-21-8-4-9-22(16(23)11-13-7-10-24-12-13)18-17(21)19-14-5-2-3-6-15(14)20-18/h2-3,5-7,10,12H,4,8-9,11H2,1H3. The average Bonchev–Trinajstić information content (AvgIpc) is 3.04. The third-order valence-electron chi connectivity index (χ3n) is 4.26. The Kier molecular flexibility index (Phi) is 3.90. The molecule has 0 atom stereocenters. The molecule has 0 aliphatic carbocycles. The first-order valence-corrected chi connectivity index (χ1v) is 8.96. The largest absolute Gasteiger partial charge is 0.357 e. The molecule has 4 rings (SSSR count). The number of hydrogen-bond donors (Lipinski definition) is 0. The van der Waals surface area contributed by atoms with Gasteiger partial charge in [-0.15, -0.1) is 0 Å². The lowest BCUT2D eigenvalue weighted by Crippen LogP contribution is -2.33. The molecule has 0 saturated carbocycles. The van der Waals surface area contributed by atoms with Gasteiger partial charge >= 0.3 is 0 Å². The number of para-hydroxylation sites is 2. The maximum Gasteiger partial charge on any atom is 0.232 e. The quantitative estimate of drug-likeness (QED) is 0.720. The van der Waals surface area contributed by atoms with Crippen LogP contribution >= 0.6 is 11.3 Å². The summed E-state index contributed by atoms with van der Waals surface area (Å²) in [5, 5.41) is 4.02. The summed E-state index contributed by atoms with van der Waals surface area (Å²) in [5.41, 5.74) is 2.73. The number of anilines is 2. The molecule has 1 aliphatic heterocycles. The lowest BCUT2D eigenvalue weighted by molar-refractivity contribution is -0.118. The summed E-state index contributed by atoms with van der Waals surface area (Å²) >= 11 is 1.61. The summed E-state index contributed by atoms with van der Waals surface area (Å²) in [7, 11) is 2.01. The van der Waals surface area contributed by atoms with Gasteiger partial charge in [-0.1, -0.05) is 12.1 Å². The average molecular weight is 338 g/mol. The highest BCUT2D eigenvalue weighted by Crippen LogP contribution is 2.30. The van der Waals surface area contributed by atoms with Crippen molar-refractivity contribution in [3.05, 3.63) is 46.7 Å². The molecule has 0 fully saturated rings. The summed E-state index contributed by atoms with van der Waals surface area (Å²) in [6.45, 7) is 1.54. The van der Waals surface area contributed by atoms with E-state index in [-0.39, 0.29) is 5.91 Å². The first-order valence-electron chi connectivity index (χ1n) is 8.02. The second kappa shape index (κ2) is 6.20. The van der Waals surface area contributed by atoms with Crippen molar-refractivity contribution in [3.8, 4) is 0 Å². The topological polar surface area (TPSA) is 49.3 Å².